The molecular formula is C19H34N8O5S2. The monoisotopic (exact) mass is 518 g/mol. The molecule has 1 aromatic rings. The third kappa shape index (κ3) is 7.77. The number of nitrogens with zero attached hydrogens (tertiary/aromatic N) is 4. The highest BCUT2D eigenvalue weighted by atomic mass is 32.3. The Morgan fingerprint density at radius 1 is 1.03 bits per heavy atom. The van der Waals surface area contributed by atoms with E-state index in [1.807, 2.05) is 0 Å². The number of nitrogens with one attached hydrogen (secondary N) is 1. The largest absolute Gasteiger partial charge is 0.382 e. The highest BCUT2D eigenvalue weighted by molar-refractivity contribution is 8.03. The number of carbonyl (C=O) groups excluding carboxylic acids is 1. The van der Waals surface area contributed by atoms with Gasteiger partial charge < -0.3 is 17.2 Å². The van der Waals surface area contributed by atoms with Crippen LogP contribution in [0.1, 0.15) is 61.1 Å². The molecule has 1 aliphatic rings. The maximum atomic E-state index is 12.3. The second kappa shape index (κ2) is 11.3. The third-order valence-electron chi connectivity index (χ3n) is 5.66. The van der Waals surface area contributed by atoms with E-state index in [0.29, 0.717) is 34.7 Å². The number of carbonyl (C=O) groups is 1. The van der Waals surface area contributed by atoms with Crippen LogP contribution in [0.15, 0.2) is 4.99 Å². The Morgan fingerprint density at radius 3 is 2.18 bits per heavy atom. The Morgan fingerprint density at radius 2 is 1.62 bits per heavy atom. The van der Waals surface area contributed by atoms with E-state index < -0.39 is 32.0 Å². The van der Waals surface area contributed by atoms with Crippen LogP contribution >= 0.6 is 0 Å². The number of unbranched alkanes of at least 4 members (excludes halogenated alkanes) is 1. The first-order valence-corrected chi connectivity index (χ1v) is 14.6. The van der Waals surface area contributed by atoms with Crippen molar-refractivity contribution in [2.45, 2.75) is 57.9 Å². The summed E-state index contributed by atoms with van der Waals surface area (Å²) in [6.07, 6.45) is 6.94. The molecule has 0 atom stereocenters. The Hall–Kier alpha value is -2.52. The number of aromatic nitrogens is 2. The number of guanidine groups is 1. The van der Waals surface area contributed by atoms with Crippen LogP contribution in [0.5, 0.6) is 0 Å². The van der Waals surface area contributed by atoms with Crippen molar-refractivity contribution >= 4 is 43.5 Å². The van der Waals surface area contributed by atoms with Gasteiger partial charge in [-0.3, -0.25) is 15.1 Å². The fraction of sp³-hybridized carbons (Fsp3) is 0.684. The smallest absolute Gasteiger partial charge is 0.280 e. The average molecular weight is 519 g/mol. The molecule has 1 aliphatic carbocycles. The number of aryl methyl sites for hydroxylation is 1. The van der Waals surface area contributed by atoms with Gasteiger partial charge in [0.25, 0.3) is 5.91 Å². The van der Waals surface area contributed by atoms with Crippen LogP contribution in [0, 0.1) is 12.8 Å². The normalized spacial score (nSPS) is 19.8. The number of anilines is 2. The van der Waals surface area contributed by atoms with Crippen molar-refractivity contribution in [3.63, 3.8) is 0 Å². The fourth-order valence-electron chi connectivity index (χ4n) is 4.10. The Balaban J connectivity index is 1.75. The number of hydrogen-bond acceptors (Lipinski definition) is 10. The van der Waals surface area contributed by atoms with Crippen molar-refractivity contribution < 1.29 is 21.6 Å². The first kappa shape index (κ1) is 27.7. The van der Waals surface area contributed by atoms with Crippen molar-refractivity contribution in [3.8, 4) is 0 Å². The molecule has 0 spiro atoms. The van der Waals surface area contributed by atoms with E-state index in [1.165, 1.54) is 0 Å². The van der Waals surface area contributed by atoms with Crippen molar-refractivity contribution in [3.05, 3.63) is 11.4 Å². The lowest BCUT2D eigenvalue weighted by Gasteiger charge is -2.34. The van der Waals surface area contributed by atoms with Crippen LogP contribution in [-0.4, -0.2) is 67.5 Å². The van der Waals surface area contributed by atoms with E-state index in [2.05, 4.69) is 20.3 Å². The van der Waals surface area contributed by atoms with Crippen LogP contribution in [0.3, 0.4) is 0 Å². The summed E-state index contributed by atoms with van der Waals surface area (Å²) in [5.41, 5.74) is 17.4. The number of sulfonamides is 2. The topological polar surface area (TPSA) is 217 Å². The quantitative estimate of drug-likeness (QED) is 0.194. The lowest BCUT2D eigenvalue weighted by molar-refractivity contribution is 0.0972. The van der Waals surface area contributed by atoms with Crippen molar-refractivity contribution in [2.75, 3.05) is 30.5 Å². The van der Waals surface area contributed by atoms with Gasteiger partial charge in [-0.15, -0.1) is 0 Å². The number of hydrogen-bond donors (Lipinski definition) is 4. The maximum Gasteiger partial charge on any atom is 0.280 e. The molecule has 1 amide bonds. The summed E-state index contributed by atoms with van der Waals surface area (Å²) in [6.45, 7) is 2.02. The average Bonchev–Trinajstić information content (AvgIpc) is 2.69. The molecule has 15 heteroatoms. The van der Waals surface area contributed by atoms with Crippen molar-refractivity contribution in [1.29, 1.82) is 0 Å². The lowest BCUT2D eigenvalue weighted by Crippen LogP contribution is -2.45. The molecule has 0 bridgehead atoms. The minimum atomic E-state index is -3.84. The number of amides is 1. The summed E-state index contributed by atoms with van der Waals surface area (Å²) in [6, 6.07) is -0.516. The summed E-state index contributed by atoms with van der Waals surface area (Å²) in [7, 11) is -7.67. The predicted octanol–water partition coefficient (Wildman–Crippen LogP) is -0.0558. The van der Waals surface area contributed by atoms with Gasteiger partial charge >= 0.3 is 0 Å². The van der Waals surface area contributed by atoms with Crippen LogP contribution in [0.2, 0.25) is 0 Å². The van der Waals surface area contributed by atoms with Crippen LogP contribution in [-0.2, 0) is 20.0 Å². The molecule has 1 heterocycles. The number of aliphatic imine (C=N–C) groups is 1. The van der Waals surface area contributed by atoms with Crippen molar-refractivity contribution in [1.82, 2.24) is 19.0 Å². The molecule has 2 rings (SSSR count). The maximum absolute atomic E-state index is 12.3. The minimum Gasteiger partial charge on any atom is -0.382 e. The van der Waals surface area contributed by atoms with E-state index in [-0.39, 0.29) is 23.3 Å². The molecule has 7 N–H and O–H groups in total. The standard InChI is InChI=1S/C19H34N8O5S2/c1-12-16(20)25-17(21)15(24-12)18(28)26-19(22)23-11-5-4-6-13-7-9-14(10-8-13)27(33(2,29)30)34(3,31)32/h13-14H,4-11H2,1-3H3,(H4,20,21,25)(H3,22,23,26,28). The van der Waals surface area contributed by atoms with Gasteiger partial charge in [0, 0.05) is 12.6 Å². The Bertz CT molecular complexity index is 1100. The lowest BCUT2D eigenvalue weighted by atomic mass is 9.83. The van der Waals surface area contributed by atoms with E-state index in [9.17, 15) is 21.6 Å². The Labute approximate surface area is 200 Å². The van der Waals surface area contributed by atoms with Gasteiger partial charge in [-0.1, -0.05) is 16.6 Å². The molecule has 0 radical (unpaired) electrons. The number of nitrogens with two attached hydrogens (primary N) is 3. The van der Waals surface area contributed by atoms with E-state index in [4.69, 9.17) is 17.2 Å². The van der Waals surface area contributed by atoms with Crippen molar-refractivity contribution in [2.24, 2.45) is 16.6 Å². The molecule has 34 heavy (non-hydrogen) atoms. The minimum absolute atomic E-state index is 0.0529. The van der Waals surface area contributed by atoms with Crippen LogP contribution < -0.4 is 22.5 Å². The highest BCUT2D eigenvalue weighted by Gasteiger charge is 2.37. The number of nitrogen functional groups attached to an aromatic ring is 2. The van der Waals surface area contributed by atoms with E-state index in [1.54, 1.807) is 6.92 Å². The van der Waals surface area contributed by atoms with Gasteiger partial charge in [-0.2, -0.15) is 0 Å². The van der Waals surface area contributed by atoms with Gasteiger partial charge in [0.2, 0.25) is 20.0 Å². The molecule has 1 fully saturated rings. The van der Waals surface area contributed by atoms with Crippen LogP contribution in [0.4, 0.5) is 11.6 Å². The first-order valence-electron chi connectivity index (χ1n) is 10.9. The van der Waals surface area contributed by atoms with Gasteiger partial charge in [-0.25, -0.2) is 26.8 Å². The van der Waals surface area contributed by atoms with Gasteiger partial charge in [-0.05, 0) is 44.9 Å². The second-order valence-corrected chi connectivity index (χ2v) is 12.5. The molecule has 192 valence electrons. The summed E-state index contributed by atoms with van der Waals surface area (Å²) in [5.74, 6) is -0.230. The molecular weight excluding hydrogens is 484 g/mol. The zero-order valence-corrected chi connectivity index (χ0v) is 21.3. The zero-order chi connectivity index (χ0) is 25.7. The predicted molar refractivity (Wildman–Crippen MR) is 131 cm³/mol. The number of rotatable bonds is 9. The molecule has 0 saturated heterocycles. The molecule has 13 nitrogen and oxygen atoms in total. The molecule has 0 unspecified atom stereocenters. The van der Waals surface area contributed by atoms with Crippen LogP contribution in [0.25, 0.3) is 0 Å². The third-order valence-corrected chi connectivity index (χ3v) is 9.19. The van der Waals surface area contributed by atoms with Gasteiger partial charge in [0.05, 0.1) is 18.2 Å². The fourth-order valence-corrected chi connectivity index (χ4v) is 7.58. The van der Waals surface area contributed by atoms with E-state index >= 15 is 0 Å². The summed E-state index contributed by atoms with van der Waals surface area (Å²) in [4.78, 5) is 24.3. The molecule has 0 aliphatic heterocycles. The molecule has 0 aromatic carbocycles. The molecule has 1 aromatic heterocycles. The van der Waals surface area contributed by atoms with Gasteiger partial charge in [0.15, 0.2) is 17.5 Å². The SMILES string of the molecule is Cc1nc(C(=O)NC(N)=NCCCCC2CCC(N(S(C)(=O)=O)S(C)(=O)=O)CC2)c(N)nc1N. The first-order chi connectivity index (χ1) is 15.7. The summed E-state index contributed by atoms with van der Waals surface area (Å²) >= 11 is 0. The van der Waals surface area contributed by atoms with E-state index in [0.717, 1.165) is 44.6 Å². The highest BCUT2D eigenvalue weighted by Crippen LogP contribution is 2.32. The molecule has 1 saturated carbocycles. The van der Waals surface area contributed by atoms with Gasteiger partial charge in [0.1, 0.15) is 5.82 Å². The zero-order valence-electron chi connectivity index (χ0n) is 19.7. The summed E-state index contributed by atoms with van der Waals surface area (Å²) in [5, 5.41) is 2.43. The summed E-state index contributed by atoms with van der Waals surface area (Å²) < 4.78 is 48.4. The Kier molecular flexibility index (Phi) is 9.19. The second-order valence-electron chi connectivity index (χ2n) is 8.57.